The summed E-state index contributed by atoms with van der Waals surface area (Å²) in [6, 6.07) is 0. The number of rotatable bonds is 1. The summed E-state index contributed by atoms with van der Waals surface area (Å²) in [4.78, 5) is 0. The first-order valence-electron chi connectivity index (χ1n) is 2.74. The van der Waals surface area contributed by atoms with Crippen LogP contribution in [0.1, 0.15) is 0 Å². The van der Waals surface area contributed by atoms with E-state index in [9.17, 15) is 8.78 Å². The molecular formula is C5H7F2O3. The van der Waals surface area contributed by atoms with Gasteiger partial charge in [0.1, 0.15) is 12.2 Å². The molecule has 0 aromatic carbocycles. The molecule has 0 spiro atoms. The van der Waals surface area contributed by atoms with Gasteiger partial charge in [-0.1, -0.05) is 0 Å². The molecule has 1 aliphatic rings. The van der Waals surface area contributed by atoms with E-state index >= 15 is 0 Å². The van der Waals surface area contributed by atoms with Gasteiger partial charge < -0.3 is 14.9 Å². The SMILES string of the molecule is OC[C@H]1O[CH]C(F)(F)[C@@H]1O. The molecule has 1 aliphatic heterocycles. The van der Waals surface area contributed by atoms with Crippen LogP contribution in [0, 0.1) is 6.61 Å². The molecule has 10 heavy (non-hydrogen) atoms. The second kappa shape index (κ2) is 2.41. The number of aliphatic hydroxyl groups is 2. The first-order valence-corrected chi connectivity index (χ1v) is 2.74. The monoisotopic (exact) mass is 153 g/mol. The Hall–Kier alpha value is -0.260. The zero-order valence-electron chi connectivity index (χ0n) is 5.00. The van der Waals surface area contributed by atoms with Crippen molar-refractivity contribution in [1.82, 2.24) is 0 Å². The predicted molar refractivity (Wildman–Crippen MR) is 27.2 cm³/mol. The number of halogens is 2. The van der Waals surface area contributed by atoms with Gasteiger partial charge in [0, 0.05) is 0 Å². The van der Waals surface area contributed by atoms with Crippen LogP contribution in [0.15, 0.2) is 0 Å². The molecule has 1 rings (SSSR count). The van der Waals surface area contributed by atoms with Crippen LogP contribution < -0.4 is 0 Å². The van der Waals surface area contributed by atoms with Crippen LogP contribution in [0.2, 0.25) is 0 Å². The standard InChI is InChI=1S/C5H7F2O3/c6-5(7)2-10-3(1-8)4(5)9/h2-4,8-9H,1H2/t3-,4-/m1/s1. The smallest absolute Gasteiger partial charge is 0.304 e. The Morgan fingerprint density at radius 3 is 2.40 bits per heavy atom. The van der Waals surface area contributed by atoms with Gasteiger partial charge in [-0.15, -0.1) is 0 Å². The first kappa shape index (κ1) is 7.84. The van der Waals surface area contributed by atoms with Crippen molar-refractivity contribution in [2.75, 3.05) is 6.61 Å². The van der Waals surface area contributed by atoms with E-state index in [2.05, 4.69) is 4.74 Å². The number of hydrogen-bond acceptors (Lipinski definition) is 3. The molecule has 1 heterocycles. The quantitative estimate of drug-likeness (QED) is 0.535. The van der Waals surface area contributed by atoms with E-state index in [0.29, 0.717) is 0 Å². The molecule has 2 N–H and O–H groups in total. The summed E-state index contributed by atoms with van der Waals surface area (Å²) < 4.78 is 28.7. The fourth-order valence-corrected chi connectivity index (χ4v) is 0.713. The molecule has 0 bridgehead atoms. The lowest BCUT2D eigenvalue weighted by atomic mass is 10.1. The van der Waals surface area contributed by atoms with Crippen molar-refractivity contribution in [3.8, 4) is 0 Å². The minimum absolute atomic E-state index is 0.249. The van der Waals surface area contributed by atoms with Gasteiger partial charge in [-0.3, -0.25) is 0 Å². The third kappa shape index (κ3) is 1.12. The molecule has 0 aromatic rings. The predicted octanol–water partition coefficient (Wildman–Crippen LogP) is -0.465. The maximum Gasteiger partial charge on any atom is 0.304 e. The Labute approximate surface area is 56.2 Å². The molecule has 0 unspecified atom stereocenters. The molecule has 0 aromatic heterocycles. The van der Waals surface area contributed by atoms with Gasteiger partial charge in [0.05, 0.1) is 6.61 Å². The zero-order chi connectivity index (χ0) is 7.78. The summed E-state index contributed by atoms with van der Waals surface area (Å²) in [6.45, 7) is -0.355. The number of hydrogen-bond donors (Lipinski definition) is 2. The summed E-state index contributed by atoms with van der Waals surface area (Å²) >= 11 is 0. The lowest BCUT2D eigenvalue weighted by molar-refractivity contribution is -0.0751. The molecule has 1 fully saturated rings. The van der Waals surface area contributed by atoms with Crippen LogP contribution in [0.4, 0.5) is 8.78 Å². The lowest BCUT2D eigenvalue weighted by Crippen LogP contribution is -2.36. The zero-order valence-corrected chi connectivity index (χ0v) is 5.00. The largest absolute Gasteiger partial charge is 0.394 e. The van der Waals surface area contributed by atoms with Crippen LogP contribution in [0.5, 0.6) is 0 Å². The fourth-order valence-electron chi connectivity index (χ4n) is 0.713. The summed E-state index contributed by atoms with van der Waals surface area (Å²) in [5.74, 6) is -3.33. The third-order valence-corrected chi connectivity index (χ3v) is 1.33. The van der Waals surface area contributed by atoms with Gasteiger partial charge in [0.2, 0.25) is 0 Å². The van der Waals surface area contributed by atoms with E-state index in [1.54, 1.807) is 0 Å². The second-order valence-corrected chi connectivity index (χ2v) is 2.09. The highest BCUT2D eigenvalue weighted by Gasteiger charge is 2.50. The number of ether oxygens (including phenoxy) is 1. The minimum atomic E-state index is -3.33. The maximum atomic E-state index is 12.2. The van der Waals surface area contributed by atoms with Crippen molar-refractivity contribution in [3.05, 3.63) is 6.61 Å². The normalized spacial score (nSPS) is 38.4. The van der Waals surface area contributed by atoms with Crippen LogP contribution in [0.25, 0.3) is 0 Å². The van der Waals surface area contributed by atoms with Crippen molar-refractivity contribution in [2.45, 2.75) is 18.1 Å². The van der Waals surface area contributed by atoms with Crippen LogP contribution in [-0.4, -0.2) is 35.0 Å². The van der Waals surface area contributed by atoms with Crippen molar-refractivity contribution in [3.63, 3.8) is 0 Å². The Morgan fingerprint density at radius 2 is 2.20 bits per heavy atom. The van der Waals surface area contributed by atoms with Crippen molar-refractivity contribution in [2.24, 2.45) is 0 Å². The van der Waals surface area contributed by atoms with Crippen LogP contribution >= 0.6 is 0 Å². The van der Waals surface area contributed by atoms with E-state index in [1.165, 1.54) is 0 Å². The Bertz CT molecular complexity index is 128. The highest BCUT2D eigenvalue weighted by Crippen LogP contribution is 2.32. The molecule has 0 aliphatic carbocycles. The molecule has 5 heteroatoms. The minimum Gasteiger partial charge on any atom is -0.394 e. The Kier molecular flexibility index (Phi) is 1.89. The van der Waals surface area contributed by atoms with Crippen LogP contribution in [-0.2, 0) is 4.74 Å². The van der Waals surface area contributed by atoms with E-state index in [-0.39, 0.29) is 6.61 Å². The summed E-state index contributed by atoms with van der Waals surface area (Å²) in [5, 5.41) is 17.0. The molecule has 0 amide bonds. The van der Waals surface area contributed by atoms with Gasteiger partial charge in [-0.05, 0) is 0 Å². The Morgan fingerprint density at radius 1 is 1.60 bits per heavy atom. The van der Waals surface area contributed by atoms with E-state index in [1.807, 2.05) is 0 Å². The second-order valence-electron chi connectivity index (χ2n) is 2.09. The highest BCUT2D eigenvalue weighted by molar-refractivity contribution is 4.96. The van der Waals surface area contributed by atoms with Gasteiger partial charge in [-0.2, -0.15) is 0 Å². The number of alkyl halides is 2. The topological polar surface area (TPSA) is 49.7 Å². The summed E-state index contributed by atoms with van der Waals surface area (Å²) in [6.07, 6.45) is -3.10. The average molecular weight is 153 g/mol. The van der Waals surface area contributed by atoms with E-state index in [0.717, 1.165) is 0 Å². The van der Waals surface area contributed by atoms with Gasteiger partial charge >= 0.3 is 5.92 Å². The van der Waals surface area contributed by atoms with Crippen LogP contribution in [0.3, 0.4) is 0 Å². The maximum absolute atomic E-state index is 12.2. The highest BCUT2D eigenvalue weighted by atomic mass is 19.3. The van der Waals surface area contributed by atoms with Gasteiger partial charge in [-0.25, -0.2) is 8.78 Å². The molecule has 2 atom stereocenters. The molecule has 59 valence electrons. The summed E-state index contributed by atoms with van der Waals surface area (Å²) in [5.41, 5.74) is 0. The van der Waals surface area contributed by atoms with Gasteiger partial charge in [0.15, 0.2) is 6.61 Å². The average Bonchev–Trinajstić information content (AvgIpc) is 2.10. The summed E-state index contributed by atoms with van der Waals surface area (Å²) in [7, 11) is 0. The molecule has 1 radical (unpaired) electrons. The molecule has 1 saturated heterocycles. The lowest BCUT2D eigenvalue weighted by Gasteiger charge is -2.13. The fraction of sp³-hybridized carbons (Fsp3) is 0.800. The Balaban J connectivity index is 2.58. The van der Waals surface area contributed by atoms with E-state index < -0.39 is 24.7 Å². The molecular weight excluding hydrogens is 146 g/mol. The van der Waals surface area contributed by atoms with Crippen molar-refractivity contribution < 1.29 is 23.7 Å². The first-order chi connectivity index (χ1) is 4.58. The third-order valence-electron chi connectivity index (χ3n) is 1.33. The van der Waals surface area contributed by atoms with Gasteiger partial charge in [0.25, 0.3) is 0 Å². The number of aliphatic hydroxyl groups excluding tert-OH is 2. The van der Waals surface area contributed by atoms with E-state index in [4.69, 9.17) is 10.2 Å². The molecule has 0 saturated carbocycles. The van der Waals surface area contributed by atoms with Crippen molar-refractivity contribution in [1.29, 1.82) is 0 Å². The molecule has 3 nitrogen and oxygen atoms in total. The van der Waals surface area contributed by atoms with Crippen molar-refractivity contribution >= 4 is 0 Å².